The van der Waals surface area contributed by atoms with E-state index in [1.165, 1.54) is 70.9 Å². The monoisotopic (exact) mass is 429 g/mol. The molecule has 156 valence electrons. The minimum absolute atomic E-state index is 1.10. The Kier molecular flexibility index (Phi) is 3.45. The summed E-state index contributed by atoms with van der Waals surface area (Å²) >= 11 is 0. The number of benzene rings is 6. The molecule has 0 aliphatic heterocycles. The molecule has 1 aliphatic rings. The molecule has 0 amide bonds. The van der Waals surface area contributed by atoms with Crippen molar-refractivity contribution in [3.63, 3.8) is 0 Å². The number of hydrogen-bond donors (Lipinski definition) is 0. The van der Waals surface area contributed by atoms with Crippen LogP contribution in [-0.4, -0.2) is 4.98 Å². The smallest absolute Gasteiger partial charge is 0.0787 e. The summed E-state index contributed by atoms with van der Waals surface area (Å²) in [5.41, 5.74) is 7.40. The fourth-order valence-electron chi connectivity index (χ4n) is 5.90. The van der Waals surface area contributed by atoms with Gasteiger partial charge in [-0.25, -0.2) is 0 Å². The predicted molar refractivity (Wildman–Crippen MR) is 144 cm³/mol. The van der Waals surface area contributed by atoms with E-state index in [1.54, 1.807) is 0 Å². The Balaban J connectivity index is 1.54. The molecule has 34 heavy (non-hydrogen) atoms. The lowest BCUT2D eigenvalue weighted by atomic mass is 9.89. The summed E-state index contributed by atoms with van der Waals surface area (Å²) in [6.45, 7) is 0. The molecule has 1 heteroatoms. The van der Waals surface area contributed by atoms with Crippen LogP contribution in [-0.2, 0) is 0 Å². The van der Waals surface area contributed by atoms with Crippen LogP contribution in [0, 0.1) is 0 Å². The number of nitrogens with zero attached hydrogens (tertiary/aromatic N) is 1. The van der Waals surface area contributed by atoms with E-state index < -0.39 is 0 Å². The lowest BCUT2D eigenvalue weighted by Gasteiger charge is -2.15. The zero-order valence-electron chi connectivity index (χ0n) is 18.4. The van der Waals surface area contributed by atoms with E-state index in [2.05, 4.69) is 103 Å². The molecule has 1 nitrogen and oxygen atoms in total. The Morgan fingerprint density at radius 3 is 2.09 bits per heavy atom. The van der Waals surface area contributed by atoms with Crippen LogP contribution in [0.4, 0.5) is 0 Å². The van der Waals surface area contributed by atoms with Gasteiger partial charge in [-0.2, -0.15) is 0 Å². The first-order valence-electron chi connectivity index (χ1n) is 11.7. The SMILES string of the molecule is c1cnc2c(c1)-c1cccc3c1c-2cc1c2ccccc2c(-c2ccc4ccccc4c2)cc31. The summed E-state index contributed by atoms with van der Waals surface area (Å²) in [7, 11) is 0. The average molecular weight is 430 g/mol. The molecule has 1 aliphatic carbocycles. The number of rotatable bonds is 1. The molecular formula is C33H19N. The topological polar surface area (TPSA) is 12.9 Å². The van der Waals surface area contributed by atoms with Crippen molar-refractivity contribution in [2.24, 2.45) is 0 Å². The summed E-state index contributed by atoms with van der Waals surface area (Å²) in [5.74, 6) is 0. The first-order chi connectivity index (χ1) is 16.9. The van der Waals surface area contributed by atoms with Crippen molar-refractivity contribution in [1.29, 1.82) is 0 Å². The van der Waals surface area contributed by atoms with E-state index in [4.69, 9.17) is 4.98 Å². The van der Waals surface area contributed by atoms with Crippen molar-refractivity contribution in [2.45, 2.75) is 0 Å². The summed E-state index contributed by atoms with van der Waals surface area (Å²) in [6, 6.07) is 39.9. The highest BCUT2D eigenvalue weighted by atomic mass is 14.7. The Hall–Kier alpha value is -4.49. The van der Waals surface area contributed by atoms with Crippen LogP contribution < -0.4 is 0 Å². The highest BCUT2D eigenvalue weighted by molar-refractivity contribution is 6.28. The highest BCUT2D eigenvalue weighted by Gasteiger charge is 2.24. The molecule has 0 saturated carbocycles. The molecule has 8 rings (SSSR count). The fourth-order valence-corrected chi connectivity index (χ4v) is 5.90. The van der Waals surface area contributed by atoms with Gasteiger partial charge in [0.1, 0.15) is 0 Å². The van der Waals surface area contributed by atoms with Crippen LogP contribution in [0.3, 0.4) is 0 Å². The lowest BCUT2D eigenvalue weighted by molar-refractivity contribution is 1.35. The third-order valence-corrected chi connectivity index (χ3v) is 7.41. The highest BCUT2D eigenvalue weighted by Crippen LogP contribution is 2.50. The summed E-state index contributed by atoms with van der Waals surface area (Å²) in [5, 5.41) is 10.3. The van der Waals surface area contributed by atoms with Gasteiger partial charge >= 0.3 is 0 Å². The predicted octanol–water partition coefficient (Wildman–Crippen LogP) is 9.01. The second-order valence-corrected chi connectivity index (χ2v) is 9.18. The van der Waals surface area contributed by atoms with Crippen molar-refractivity contribution >= 4 is 43.1 Å². The van der Waals surface area contributed by atoms with Crippen LogP contribution in [0.1, 0.15) is 0 Å². The van der Waals surface area contributed by atoms with E-state index in [-0.39, 0.29) is 0 Å². The van der Waals surface area contributed by atoms with Crippen molar-refractivity contribution in [2.75, 3.05) is 0 Å². The fraction of sp³-hybridized carbons (Fsp3) is 0. The first kappa shape index (κ1) is 18.0. The zero-order chi connectivity index (χ0) is 22.2. The molecule has 1 heterocycles. The van der Waals surface area contributed by atoms with Gasteiger partial charge < -0.3 is 0 Å². The van der Waals surface area contributed by atoms with Gasteiger partial charge in [0.05, 0.1) is 5.69 Å². The molecule has 0 fully saturated rings. The van der Waals surface area contributed by atoms with Crippen molar-refractivity contribution in [3.05, 3.63) is 115 Å². The maximum Gasteiger partial charge on any atom is 0.0787 e. The molecule has 0 radical (unpaired) electrons. The van der Waals surface area contributed by atoms with Gasteiger partial charge in [0.2, 0.25) is 0 Å². The van der Waals surface area contributed by atoms with Gasteiger partial charge in [0.15, 0.2) is 0 Å². The van der Waals surface area contributed by atoms with Gasteiger partial charge in [-0.3, -0.25) is 4.98 Å². The van der Waals surface area contributed by atoms with E-state index in [0.29, 0.717) is 0 Å². The number of hydrogen-bond acceptors (Lipinski definition) is 1. The molecule has 6 aromatic carbocycles. The van der Waals surface area contributed by atoms with Crippen LogP contribution >= 0.6 is 0 Å². The normalized spacial score (nSPS) is 12.1. The Labute approximate surface area is 196 Å². The molecule has 0 unspecified atom stereocenters. The van der Waals surface area contributed by atoms with Gasteiger partial charge in [-0.1, -0.05) is 84.9 Å². The maximum atomic E-state index is 4.78. The van der Waals surface area contributed by atoms with Crippen molar-refractivity contribution < 1.29 is 0 Å². The number of fused-ring (bicyclic) bond motifs is 8. The van der Waals surface area contributed by atoms with Crippen LogP contribution in [0.2, 0.25) is 0 Å². The van der Waals surface area contributed by atoms with Crippen molar-refractivity contribution in [3.8, 4) is 33.5 Å². The van der Waals surface area contributed by atoms with E-state index in [0.717, 1.165) is 5.69 Å². The molecule has 0 spiro atoms. The second-order valence-electron chi connectivity index (χ2n) is 9.18. The van der Waals surface area contributed by atoms with Gasteiger partial charge in [-0.15, -0.1) is 0 Å². The quantitative estimate of drug-likeness (QED) is 0.237. The van der Waals surface area contributed by atoms with E-state index in [9.17, 15) is 0 Å². The van der Waals surface area contributed by atoms with Crippen LogP contribution in [0.25, 0.3) is 76.6 Å². The summed E-state index contributed by atoms with van der Waals surface area (Å²) < 4.78 is 0. The third kappa shape index (κ3) is 2.31. The molecule has 0 N–H and O–H groups in total. The molecule has 0 saturated heterocycles. The van der Waals surface area contributed by atoms with Gasteiger partial charge in [0, 0.05) is 17.3 Å². The maximum absolute atomic E-state index is 4.78. The number of pyridine rings is 1. The van der Waals surface area contributed by atoms with Crippen LogP contribution in [0.5, 0.6) is 0 Å². The minimum Gasteiger partial charge on any atom is -0.256 e. The molecule has 7 aromatic rings. The second kappa shape index (κ2) is 6.52. The Morgan fingerprint density at radius 2 is 1.15 bits per heavy atom. The van der Waals surface area contributed by atoms with E-state index in [1.807, 2.05) is 12.3 Å². The minimum atomic E-state index is 1.10. The number of aromatic nitrogens is 1. The molecular weight excluding hydrogens is 410 g/mol. The summed E-state index contributed by atoms with van der Waals surface area (Å²) in [4.78, 5) is 4.78. The molecule has 1 aromatic heterocycles. The van der Waals surface area contributed by atoms with Crippen LogP contribution in [0.15, 0.2) is 115 Å². The Morgan fingerprint density at radius 1 is 0.412 bits per heavy atom. The third-order valence-electron chi connectivity index (χ3n) is 7.41. The Bertz CT molecular complexity index is 1960. The standard InChI is InChI=1S/C33H19N/c1-2-8-21-17-22(15-14-20(21)7-1)28-18-30-26-12-5-11-25-27-13-6-16-34-33(27)31(32(25)26)19-29(30)24-10-4-3-9-23(24)28/h1-19H. The van der Waals surface area contributed by atoms with Gasteiger partial charge in [-0.05, 0) is 84.0 Å². The van der Waals surface area contributed by atoms with Gasteiger partial charge in [0.25, 0.3) is 0 Å². The van der Waals surface area contributed by atoms with E-state index >= 15 is 0 Å². The van der Waals surface area contributed by atoms with Crippen molar-refractivity contribution in [1.82, 2.24) is 4.98 Å². The molecule has 0 bridgehead atoms. The zero-order valence-corrected chi connectivity index (χ0v) is 18.4. The average Bonchev–Trinajstić information content (AvgIpc) is 3.23. The molecule has 0 atom stereocenters. The lowest BCUT2D eigenvalue weighted by Crippen LogP contribution is -1.88. The first-order valence-corrected chi connectivity index (χ1v) is 11.7. The largest absolute Gasteiger partial charge is 0.256 e. The summed E-state index contributed by atoms with van der Waals surface area (Å²) in [6.07, 6.45) is 1.90.